The van der Waals surface area contributed by atoms with Crippen molar-refractivity contribution in [2.75, 3.05) is 0 Å². The topological polar surface area (TPSA) is 160 Å². The third-order valence-electron chi connectivity index (χ3n) is 23.9. The molecule has 0 aliphatic carbocycles. The first-order valence-corrected chi connectivity index (χ1v) is 50.3. The van der Waals surface area contributed by atoms with Crippen molar-refractivity contribution >= 4 is 149 Å². The predicted octanol–water partition coefficient (Wildman–Crippen LogP) is 30.9. The van der Waals surface area contributed by atoms with E-state index < -0.39 is 0 Å². The van der Waals surface area contributed by atoms with Crippen molar-refractivity contribution in [1.29, 1.82) is 0 Å². The van der Waals surface area contributed by atoms with Crippen molar-refractivity contribution in [3.8, 4) is 102 Å². The first-order valence-electron chi connectivity index (χ1n) is 44.7. The summed E-state index contributed by atoms with van der Waals surface area (Å²) in [6.45, 7) is 0. The normalized spacial score (nSPS) is 10.8. The molecule has 0 amide bonds. The van der Waals surface area contributed by atoms with Gasteiger partial charge in [-0.1, -0.05) is 291 Å². The van der Waals surface area contributed by atoms with Gasteiger partial charge in [-0.05, 0) is 202 Å². The van der Waals surface area contributed by atoms with Crippen LogP contribution in [0, 0.1) is 12.1 Å². The summed E-state index contributed by atoms with van der Waals surface area (Å²) >= 11 is 3.22. The Kier molecular flexibility index (Phi) is 31.1. The minimum atomic E-state index is 0. The number of benzene rings is 15. The molecule has 0 radical (unpaired) electrons. The Bertz CT molecular complexity index is 8610. The molecule has 140 heavy (non-hydrogen) atoms. The molecule has 12 heterocycles. The number of para-hydroxylation sites is 7. The minimum absolute atomic E-state index is 0. The second-order valence-electron chi connectivity index (χ2n) is 32.2. The molecular formula is C122H78Cl2N12Pt4. The zero-order valence-electron chi connectivity index (χ0n) is 74.4. The smallest absolute Gasteiger partial charge is 0.656 e. The van der Waals surface area contributed by atoms with Crippen molar-refractivity contribution < 1.29 is 79.7 Å². The van der Waals surface area contributed by atoms with Crippen LogP contribution < -0.4 is 19.9 Å². The van der Waals surface area contributed by atoms with Gasteiger partial charge in [0, 0.05) is 24.0 Å². The van der Waals surface area contributed by atoms with Crippen LogP contribution in [0.15, 0.2) is 474 Å². The van der Waals surface area contributed by atoms with E-state index in [1.54, 1.807) is 56.1 Å². The number of nitrogens with zero attached hydrogens (tertiary/aromatic N) is 12. The van der Waals surface area contributed by atoms with Gasteiger partial charge in [-0.15, -0.1) is 96.9 Å². The molecule has 27 rings (SSSR count). The van der Waals surface area contributed by atoms with Gasteiger partial charge in [-0.25, -0.2) is 24.9 Å². The molecule has 0 aliphatic rings. The molecule has 0 saturated carbocycles. The first kappa shape index (κ1) is 95.4. The molecule has 0 atom stereocenters. The van der Waals surface area contributed by atoms with Gasteiger partial charge in [0.25, 0.3) is 0 Å². The quantitative estimate of drug-likeness (QED) is 0.126. The zero-order chi connectivity index (χ0) is 93.3. The number of halogens is 2. The molecule has 12 aromatic heterocycles. The van der Waals surface area contributed by atoms with Gasteiger partial charge < -0.3 is 19.9 Å². The fraction of sp³-hybridized carbons (Fsp3) is 0. The van der Waals surface area contributed by atoms with Crippen molar-refractivity contribution in [1.82, 2.24) is 59.8 Å². The predicted molar refractivity (Wildman–Crippen MR) is 563 cm³/mol. The van der Waals surface area contributed by atoms with E-state index in [0.29, 0.717) is 0 Å². The third-order valence-corrected chi connectivity index (χ3v) is 23.9. The second kappa shape index (κ2) is 45.6. The molecule has 18 heteroatoms. The van der Waals surface area contributed by atoms with Crippen LogP contribution in [-0.4, -0.2) is 39.9 Å². The summed E-state index contributed by atoms with van der Waals surface area (Å²) in [5, 5.41) is 17.6. The van der Waals surface area contributed by atoms with Crippen molar-refractivity contribution in [2.45, 2.75) is 0 Å². The number of fused-ring (bicyclic) bond motifs is 16. The Morgan fingerprint density at radius 2 is 0.529 bits per heavy atom. The maximum Gasteiger partial charge on any atom is 2.00 e. The molecule has 12 nitrogen and oxygen atoms in total. The standard InChI is InChI=1S/3C26H16N3.C22H14N3.C12H9.C10H7.2ClH.4Pt/c1-3-11-21-17(7-1)15-16-25(27-21)24-14-6-13-23(28-24)20-10-5-9-19-18-8-2-4-12-22(18)29-26(19)20;2*1-2-9-18-17(8-1)16-20-19-10-3-4-11-21(19)29-26(20)25(18)24-14-7-13-23(28-24)22-12-5-6-15-27-22;1-2-10-18-15(7-1)16-8-5-9-17(22(16)25-18)19-12-6-13-21(24-19)20-11-3-4-14-23-20;1-3-7-11(8-4-1)12-9-5-2-6-10-12;1-2-6-10-8-4-3-7-9(10)5-1;;;;;;/h3*1-16H;1-14H;1,3-10H;1-7H;2*1H;;;;/q6*-1;;;4*+2/p-2. The van der Waals surface area contributed by atoms with E-state index in [1.807, 2.05) is 218 Å². The van der Waals surface area contributed by atoms with Crippen LogP contribution in [0.1, 0.15) is 0 Å². The van der Waals surface area contributed by atoms with E-state index in [9.17, 15) is 0 Å². The Balaban J connectivity index is 0.000000113. The third kappa shape index (κ3) is 20.8. The van der Waals surface area contributed by atoms with Gasteiger partial charge in [-0.3, -0.25) is 15.0 Å². The van der Waals surface area contributed by atoms with Crippen molar-refractivity contribution in [3.05, 3.63) is 486 Å². The maximum absolute atomic E-state index is 4.99. The van der Waals surface area contributed by atoms with Crippen LogP contribution in [0.2, 0.25) is 0 Å². The molecule has 0 bridgehead atoms. The van der Waals surface area contributed by atoms with Crippen LogP contribution in [0.4, 0.5) is 0 Å². The molecular weight excluding hydrogens is 2480 g/mol. The molecule has 0 spiro atoms. The molecule has 0 N–H and O–H groups in total. The largest absolute Gasteiger partial charge is 2.00 e. The van der Waals surface area contributed by atoms with Crippen LogP contribution in [0.25, 0.3) is 232 Å². The summed E-state index contributed by atoms with van der Waals surface area (Å²) in [5.41, 5.74) is 26.3. The number of aromatic nitrogens is 12. The molecule has 0 aliphatic heterocycles. The average Bonchev–Trinajstić information content (AvgIpc) is 1.54. The van der Waals surface area contributed by atoms with Gasteiger partial charge in [0.1, 0.15) is 0 Å². The average molecular weight is 2560 g/mol. The Morgan fingerprint density at radius 3 is 0.979 bits per heavy atom. The van der Waals surface area contributed by atoms with E-state index in [1.165, 1.54) is 65.0 Å². The Labute approximate surface area is 867 Å². The van der Waals surface area contributed by atoms with Crippen LogP contribution in [-0.2, 0) is 79.7 Å². The maximum atomic E-state index is 4.99. The first-order chi connectivity index (χ1) is 68.5. The van der Waals surface area contributed by atoms with Gasteiger partial charge in [0.15, 0.2) is 0 Å². The fourth-order valence-electron chi connectivity index (χ4n) is 17.6. The summed E-state index contributed by atoms with van der Waals surface area (Å²) in [5.74, 6) is 0. The molecule has 0 unspecified atom stereocenters. The molecule has 680 valence electrons. The zero-order valence-corrected chi connectivity index (χ0v) is 85.0. The molecule has 0 fully saturated rings. The SMILES string of the molecule is [Cl][Pt+].[Cl][Pt+].[Pt+2].[Pt+2].[c-]1ccc(-c2ccccc2)cc1.[c-]1cccc2ccccc12.c1cc(-c2ccc3ccccc3n2)nc(-c2cccc3c2[n-]c2ccccc23)c1.c1ccc(-c2cccc(-c3c4ccccc4cc4c3[n-]c3ccccc34)n2)nc1.c1ccc(-c2cccc(-c3c4ccccc4cc4c3[n-]c3ccccc34)n2)nc1.c1ccc(-c2cccc(-c3cccc4c3[n-]c3ccccc34)n2)nc1. The Morgan fingerprint density at radius 1 is 0.207 bits per heavy atom. The number of hydrogen-bond acceptors (Lipinski definition) is 8. The number of rotatable bonds is 9. The molecule has 27 aromatic rings. The second-order valence-corrected chi connectivity index (χ2v) is 32.2. The van der Waals surface area contributed by atoms with Crippen LogP contribution in [0.3, 0.4) is 0 Å². The van der Waals surface area contributed by atoms with E-state index >= 15 is 0 Å². The Hall–Kier alpha value is -14.9. The van der Waals surface area contributed by atoms with Crippen molar-refractivity contribution in [3.63, 3.8) is 0 Å². The van der Waals surface area contributed by atoms with Crippen LogP contribution >= 0.6 is 18.8 Å². The van der Waals surface area contributed by atoms with Gasteiger partial charge in [-0.2, -0.15) is 30.3 Å². The van der Waals surface area contributed by atoms with E-state index in [4.69, 9.17) is 44.9 Å². The van der Waals surface area contributed by atoms with Gasteiger partial charge >= 0.3 is 98.5 Å². The number of hydrogen-bond donors (Lipinski definition) is 0. The van der Waals surface area contributed by atoms with E-state index in [0.717, 1.165) is 167 Å². The van der Waals surface area contributed by atoms with Gasteiger partial charge in [0.2, 0.25) is 0 Å². The van der Waals surface area contributed by atoms with Gasteiger partial charge in [0.05, 0.1) is 73.8 Å². The van der Waals surface area contributed by atoms with Crippen LogP contribution in [0.5, 0.6) is 0 Å². The monoisotopic (exact) mass is 2560 g/mol. The van der Waals surface area contributed by atoms with E-state index in [2.05, 4.69) is 283 Å². The fourth-order valence-corrected chi connectivity index (χ4v) is 17.6. The summed E-state index contributed by atoms with van der Waals surface area (Å²) in [6.07, 6.45) is 5.38. The summed E-state index contributed by atoms with van der Waals surface area (Å²) < 4.78 is 0. The molecule has 0 saturated heterocycles. The summed E-state index contributed by atoms with van der Waals surface area (Å²) in [4.78, 5) is 57.6. The minimum Gasteiger partial charge on any atom is -0.656 e. The summed E-state index contributed by atoms with van der Waals surface area (Å²) in [6, 6.07) is 160. The molecule has 15 aromatic carbocycles. The summed E-state index contributed by atoms with van der Waals surface area (Å²) in [7, 11) is 9.22. The van der Waals surface area contributed by atoms with E-state index in [-0.39, 0.29) is 42.1 Å². The number of pyridine rings is 8. The van der Waals surface area contributed by atoms with Crippen molar-refractivity contribution in [2.24, 2.45) is 0 Å².